The van der Waals surface area contributed by atoms with Gasteiger partial charge in [0.05, 0.1) is 4.92 Å². The van der Waals surface area contributed by atoms with Crippen molar-refractivity contribution in [3.63, 3.8) is 0 Å². The summed E-state index contributed by atoms with van der Waals surface area (Å²) in [6, 6.07) is 3.99. The summed E-state index contributed by atoms with van der Waals surface area (Å²) in [5.41, 5.74) is 0.356. The Morgan fingerprint density at radius 1 is 1.44 bits per heavy atom. The highest BCUT2D eigenvalue weighted by Gasteiger charge is 2.42. The number of aromatic hydroxyl groups is 1. The Labute approximate surface area is 92.5 Å². The van der Waals surface area contributed by atoms with Gasteiger partial charge in [-0.3, -0.25) is 10.1 Å². The van der Waals surface area contributed by atoms with Crippen molar-refractivity contribution in [1.82, 2.24) is 0 Å². The van der Waals surface area contributed by atoms with E-state index in [1.807, 2.05) is 0 Å². The topological polar surface area (TPSA) is 83.6 Å². The Balaban J connectivity index is 2.25. The van der Waals surface area contributed by atoms with E-state index >= 15 is 0 Å². The van der Waals surface area contributed by atoms with Crippen LogP contribution in [0.4, 0.5) is 5.69 Å². The summed E-state index contributed by atoms with van der Waals surface area (Å²) in [7, 11) is 0. The molecule has 1 aromatic carbocycles. The molecule has 1 saturated carbocycles. The molecule has 5 nitrogen and oxygen atoms in total. The second-order valence-corrected chi connectivity index (χ2v) is 4.41. The van der Waals surface area contributed by atoms with Gasteiger partial charge >= 0.3 is 0 Å². The predicted octanol–water partition coefficient (Wildman–Crippen LogP) is 1.62. The second-order valence-electron chi connectivity index (χ2n) is 4.41. The fourth-order valence-electron chi connectivity index (χ4n) is 1.80. The molecule has 0 unspecified atom stereocenters. The van der Waals surface area contributed by atoms with Crippen LogP contribution in [0.2, 0.25) is 0 Å². The quantitative estimate of drug-likeness (QED) is 0.600. The average molecular weight is 223 g/mol. The van der Waals surface area contributed by atoms with Crippen molar-refractivity contribution in [3.8, 4) is 5.75 Å². The first kappa shape index (κ1) is 10.9. The Morgan fingerprint density at radius 3 is 2.62 bits per heavy atom. The van der Waals surface area contributed by atoms with E-state index in [9.17, 15) is 20.3 Å². The maximum atomic E-state index is 10.6. The van der Waals surface area contributed by atoms with Crippen LogP contribution >= 0.6 is 0 Å². The standard InChI is InChI=1S/C11H13NO4/c13-7-11(3-4-11)6-8-5-9(12(15)16)1-2-10(8)14/h1-2,5,13-14H,3-4,6-7H2. The lowest BCUT2D eigenvalue weighted by atomic mass is 9.96. The zero-order valence-electron chi connectivity index (χ0n) is 8.72. The Kier molecular flexibility index (Phi) is 2.55. The van der Waals surface area contributed by atoms with Crippen LogP contribution in [0.3, 0.4) is 0 Å². The summed E-state index contributed by atoms with van der Waals surface area (Å²) >= 11 is 0. The van der Waals surface area contributed by atoms with Crippen LogP contribution in [0.25, 0.3) is 0 Å². The molecule has 0 bridgehead atoms. The monoisotopic (exact) mass is 223 g/mol. The Morgan fingerprint density at radius 2 is 2.12 bits per heavy atom. The number of aliphatic hydroxyl groups excluding tert-OH is 1. The molecule has 1 aromatic rings. The number of aliphatic hydroxyl groups is 1. The molecule has 0 atom stereocenters. The average Bonchev–Trinajstić information content (AvgIpc) is 3.02. The van der Waals surface area contributed by atoms with Gasteiger partial charge in [0.1, 0.15) is 5.75 Å². The molecule has 2 rings (SSSR count). The van der Waals surface area contributed by atoms with Gasteiger partial charge in [0.25, 0.3) is 5.69 Å². The number of hydrogen-bond donors (Lipinski definition) is 2. The van der Waals surface area contributed by atoms with Gasteiger partial charge in [0, 0.05) is 24.3 Å². The van der Waals surface area contributed by atoms with E-state index in [1.165, 1.54) is 18.2 Å². The minimum atomic E-state index is -0.485. The summed E-state index contributed by atoms with van der Waals surface area (Å²) in [6.07, 6.45) is 2.31. The molecule has 0 aliphatic heterocycles. The highest BCUT2D eigenvalue weighted by atomic mass is 16.6. The van der Waals surface area contributed by atoms with Crippen LogP contribution in [0.15, 0.2) is 18.2 Å². The third-order valence-electron chi connectivity index (χ3n) is 3.13. The van der Waals surface area contributed by atoms with E-state index in [0.717, 1.165) is 12.8 Å². The molecule has 1 aliphatic carbocycles. The fourth-order valence-corrected chi connectivity index (χ4v) is 1.80. The van der Waals surface area contributed by atoms with Crippen molar-refractivity contribution in [1.29, 1.82) is 0 Å². The molecule has 0 saturated heterocycles. The van der Waals surface area contributed by atoms with Gasteiger partial charge in [-0.05, 0) is 30.7 Å². The predicted molar refractivity (Wildman–Crippen MR) is 57.2 cm³/mol. The number of benzene rings is 1. The first-order valence-electron chi connectivity index (χ1n) is 5.13. The lowest BCUT2D eigenvalue weighted by Gasteiger charge is -2.12. The molecule has 16 heavy (non-hydrogen) atoms. The number of nitrogens with zero attached hydrogens (tertiary/aromatic N) is 1. The second kappa shape index (κ2) is 3.75. The van der Waals surface area contributed by atoms with Gasteiger partial charge in [0.15, 0.2) is 0 Å². The molecule has 1 aliphatic rings. The first-order valence-corrected chi connectivity index (χ1v) is 5.13. The smallest absolute Gasteiger partial charge is 0.269 e. The van der Waals surface area contributed by atoms with E-state index < -0.39 is 4.92 Å². The summed E-state index contributed by atoms with van der Waals surface area (Å²) in [6.45, 7) is 0.0646. The third kappa shape index (κ3) is 1.99. The Hall–Kier alpha value is -1.62. The largest absolute Gasteiger partial charge is 0.508 e. The van der Waals surface area contributed by atoms with Gasteiger partial charge in [-0.1, -0.05) is 0 Å². The molecular weight excluding hydrogens is 210 g/mol. The number of non-ortho nitro benzene ring substituents is 1. The molecule has 0 heterocycles. The van der Waals surface area contributed by atoms with Gasteiger partial charge in [0.2, 0.25) is 0 Å². The van der Waals surface area contributed by atoms with Gasteiger partial charge in [-0.2, -0.15) is 0 Å². The van der Waals surface area contributed by atoms with Crippen LogP contribution in [-0.2, 0) is 6.42 Å². The minimum absolute atomic E-state index is 0.0264. The molecule has 0 spiro atoms. The maximum absolute atomic E-state index is 10.6. The maximum Gasteiger partial charge on any atom is 0.269 e. The zero-order chi connectivity index (χ0) is 11.8. The number of nitro groups is 1. The number of rotatable bonds is 4. The molecule has 1 fully saturated rings. The van der Waals surface area contributed by atoms with Crippen LogP contribution in [0.1, 0.15) is 18.4 Å². The highest BCUT2D eigenvalue weighted by molar-refractivity contribution is 5.43. The summed E-state index contributed by atoms with van der Waals surface area (Å²) < 4.78 is 0. The SMILES string of the molecule is O=[N+]([O-])c1ccc(O)c(CC2(CO)CC2)c1. The lowest BCUT2D eigenvalue weighted by molar-refractivity contribution is -0.384. The number of nitro benzene ring substituents is 1. The third-order valence-corrected chi connectivity index (χ3v) is 3.13. The van der Waals surface area contributed by atoms with Gasteiger partial charge in [-0.25, -0.2) is 0 Å². The molecule has 86 valence electrons. The van der Waals surface area contributed by atoms with E-state index in [-0.39, 0.29) is 23.5 Å². The van der Waals surface area contributed by atoms with Gasteiger partial charge < -0.3 is 10.2 Å². The summed E-state index contributed by atoms with van der Waals surface area (Å²) in [5, 5.41) is 29.4. The zero-order valence-corrected chi connectivity index (χ0v) is 8.72. The number of hydrogen-bond acceptors (Lipinski definition) is 4. The van der Waals surface area contributed by atoms with Gasteiger partial charge in [-0.15, -0.1) is 0 Å². The molecule has 2 N–H and O–H groups in total. The van der Waals surface area contributed by atoms with Crippen LogP contribution in [-0.4, -0.2) is 21.7 Å². The first-order chi connectivity index (χ1) is 7.56. The van der Waals surface area contributed by atoms with Crippen molar-refractivity contribution in [2.45, 2.75) is 19.3 Å². The van der Waals surface area contributed by atoms with E-state index in [2.05, 4.69) is 0 Å². The van der Waals surface area contributed by atoms with Crippen molar-refractivity contribution >= 4 is 5.69 Å². The van der Waals surface area contributed by atoms with Crippen molar-refractivity contribution in [3.05, 3.63) is 33.9 Å². The van der Waals surface area contributed by atoms with Crippen molar-refractivity contribution < 1.29 is 15.1 Å². The number of phenolic OH excluding ortho intramolecular Hbond substituents is 1. The van der Waals surface area contributed by atoms with Crippen molar-refractivity contribution in [2.75, 3.05) is 6.61 Å². The number of phenols is 1. The lowest BCUT2D eigenvalue weighted by Crippen LogP contribution is -2.10. The normalized spacial score (nSPS) is 17.1. The molecule has 0 radical (unpaired) electrons. The highest BCUT2D eigenvalue weighted by Crippen LogP contribution is 2.49. The molecule has 5 heteroatoms. The fraction of sp³-hybridized carbons (Fsp3) is 0.455. The van der Waals surface area contributed by atoms with E-state index in [0.29, 0.717) is 12.0 Å². The summed E-state index contributed by atoms with van der Waals surface area (Å²) in [4.78, 5) is 10.1. The molecule has 0 aromatic heterocycles. The minimum Gasteiger partial charge on any atom is -0.508 e. The van der Waals surface area contributed by atoms with Crippen molar-refractivity contribution in [2.24, 2.45) is 5.41 Å². The molecule has 0 amide bonds. The molecular formula is C11H13NO4. The van der Waals surface area contributed by atoms with Crippen LogP contribution in [0, 0.1) is 15.5 Å². The Bertz CT molecular complexity index is 426. The van der Waals surface area contributed by atoms with Crippen LogP contribution in [0.5, 0.6) is 5.75 Å². The van der Waals surface area contributed by atoms with E-state index in [4.69, 9.17) is 0 Å². The summed E-state index contributed by atoms with van der Waals surface area (Å²) in [5.74, 6) is 0.0605. The van der Waals surface area contributed by atoms with Crippen LogP contribution < -0.4 is 0 Å². The van der Waals surface area contributed by atoms with E-state index in [1.54, 1.807) is 0 Å².